The van der Waals surface area contributed by atoms with Gasteiger partial charge in [0.1, 0.15) is 5.82 Å². The number of hydrogen-bond acceptors (Lipinski definition) is 2. The van der Waals surface area contributed by atoms with Crippen molar-refractivity contribution in [3.63, 3.8) is 0 Å². The summed E-state index contributed by atoms with van der Waals surface area (Å²) in [6.07, 6.45) is -1.28. The second-order valence-electron chi connectivity index (χ2n) is 5.87. The zero-order valence-corrected chi connectivity index (χ0v) is 12.6. The summed E-state index contributed by atoms with van der Waals surface area (Å²) < 4.78 is 40.7. The Morgan fingerprint density at radius 2 is 2.18 bits per heavy atom. The highest BCUT2D eigenvalue weighted by molar-refractivity contribution is 5.77. The zero-order chi connectivity index (χ0) is 15.7. The topological polar surface area (TPSA) is 29.9 Å². The molecule has 22 heavy (non-hydrogen) atoms. The first kappa shape index (κ1) is 15.3. The van der Waals surface area contributed by atoms with Gasteiger partial charge >= 0.3 is 6.18 Å². The van der Waals surface area contributed by atoms with Gasteiger partial charge < -0.3 is 9.88 Å². The summed E-state index contributed by atoms with van der Waals surface area (Å²) in [5.74, 6) is 1.20. The van der Waals surface area contributed by atoms with E-state index in [0.29, 0.717) is 5.52 Å². The number of nitrogens with zero attached hydrogens (tertiary/aromatic N) is 2. The first-order chi connectivity index (χ1) is 10.5. The Kier molecular flexibility index (Phi) is 4.12. The predicted octanol–water partition coefficient (Wildman–Crippen LogP) is 3.93. The van der Waals surface area contributed by atoms with Crippen molar-refractivity contribution in [2.45, 2.75) is 44.8 Å². The van der Waals surface area contributed by atoms with Crippen molar-refractivity contribution >= 4 is 11.0 Å². The Morgan fingerprint density at radius 1 is 1.36 bits per heavy atom. The van der Waals surface area contributed by atoms with E-state index in [0.717, 1.165) is 56.3 Å². The van der Waals surface area contributed by atoms with Crippen molar-refractivity contribution in [2.75, 3.05) is 13.1 Å². The van der Waals surface area contributed by atoms with Crippen LogP contribution >= 0.6 is 0 Å². The fourth-order valence-corrected chi connectivity index (χ4v) is 3.17. The number of fused-ring (bicyclic) bond motifs is 1. The SMILES string of the molecule is CCCn1c(C2CCCNC2)nc2cc(C(F)(F)F)ccc21. The van der Waals surface area contributed by atoms with Gasteiger partial charge in [-0.05, 0) is 44.0 Å². The Bertz CT molecular complexity index is 654. The smallest absolute Gasteiger partial charge is 0.328 e. The van der Waals surface area contributed by atoms with Crippen LogP contribution in [-0.4, -0.2) is 22.6 Å². The van der Waals surface area contributed by atoms with E-state index in [1.807, 2.05) is 0 Å². The third kappa shape index (κ3) is 2.84. The van der Waals surface area contributed by atoms with E-state index < -0.39 is 11.7 Å². The van der Waals surface area contributed by atoms with Gasteiger partial charge in [0.05, 0.1) is 16.6 Å². The summed E-state index contributed by atoms with van der Waals surface area (Å²) in [5.41, 5.74) is 0.619. The molecular weight excluding hydrogens is 291 g/mol. The van der Waals surface area contributed by atoms with Crippen molar-refractivity contribution < 1.29 is 13.2 Å². The Balaban J connectivity index is 2.08. The molecule has 1 fully saturated rings. The maximum Gasteiger partial charge on any atom is 0.416 e. The van der Waals surface area contributed by atoms with Gasteiger partial charge in [-0.15, -0.1) is 0 Å². The number of halogens is 3. The van der Waals surface area contributed by atoms with Crippen LogP contribution in [0.4, 0.5) is 13.2 Å². The number of imidazole rings is 1. The molecule has 3 rings (SSSR count). The van der Waals surface area contributed by atoms with Crippen LogP contribution in [0.3, 0.4) is 0 Å². The predicted molar refractivity (Wildman–Crippen MR) is 79.9 cm³/mol. The monoisotopic (exact) mass is 311 g/mol. The molecular formula is C16H20F3N3. The molecule has 1 atom stereocenters. The van der Waals surface area contributed by atoms with Gasteiger partial charge in [0.15, 0.2) is 0 Å². The van der Waals surface area contributed by atoms with Crippen molar-refractivity contribution in [3.05, 3.63) is 29.6 Å². The van der Waals surface area contributed by atoms with Gasteiger partial charge in [0.25, 0.3) is 0 Å². The summed E-state index contributed by atoms with van der Waals surface area (Å²) in [4.78, 5) is 4.55. The molecule has 0 bridgehead atoms. The highest BCUT2D eigenvalue weighted by atomic mass is 19.4. The molecule has 1 aliphatic rings. The summed E-state index contributed by atoms with van der Waals surface area (Å²) in [6.45, 7) is 4.70. The molecule has 120 valence electrons. The average Bonchev–Trinajstić information content (AvgIpc) is 2.86. The van der Waals surface area contributed by atoms with Crippen molar-refractivity contribution in [1.82, 2.24) is 14.9 Å². The Morgan fingerprint density at radius 3 is 2.82 bits per heavy atom. The number of nitrogens with one attached hydrogen (secondary N) is 1. The van der Waals surface area contributed by atoms with Crippen LogP contribution in [0, 0.1) is 0 Å². The highest BCUT2D eigenvalue weighted by Crippen LogP contribution is 2.33. The first-order valence-electron chi connectivity index (χ1n) is 7.79. The molecule has 1 aromatic heterocycles. The first-order valence-corrected chi connectivity index (χ1v) is 7.79. The Hall–Kier alpha value is -1.56. The molecule has 2 aromatic rings. The average molecular weight is 311 g/mol. The molecule has 1 N–H and O–H groups in total. The third-order valence-electron chi connectivity index (χ3n) is 4.21. The van der Waals surface area contributed by atoms with E-state index in [1.165, 1.54) is 6.07 Å². The molecule has 1 saturated heterocycles. The van der Waals surface area contributed by atoms with Gasteiger partial charge in [0.2, 0.25) is 0 Å². The quantitative estimate of drug-likeness (QED) is 0.930. The lowest BCUT2D eigenvalue weighted by atomic mass is 9.99. The van der Waals surface area contributed by atoms with Gasteiger partial charge in [-0.25, -0.2) is 4.98 Å². The summed E-state index contributed by atoms with van der Waals surface area (Å²) in [6, 6.07) is 3.88. The van der Waals surface area contributed by atoms with Crippen LogP contribution in [-0.2, 0) is 12.7 Å². The molecule has 0 spiro atoms. The van der Waals surface area contributed by atoms with Gasteiger partial charge in [-0.3, -0.25) is 0 Å². The van der Waals surface area contributed by atoms with E-state index in [-0.39, 0.29) is 5.92 Å². The van der Waals surface area contributed by atoms with E-state index in [2.05, 4.69) is 21.8 Å². The molecule has 6 heteroatoms. The molecule has 1 aromatic carbocycles. The number of benzene rings is 1. The zero-order valence-electron chi connectivity index (χ0n) is 12.6. The molecule has 0 saturated carbocycles. The van der Waals surface area contributed by atoms with E-state index in [9.17, 15) is 13.2 Å². The summed E-state index contributed by atoms with van der Waals surface area (Å²) in [5, 5.41) is 3.35. The van der Waals surface area contributed by atoms with E-state index >= 15 is 0 Å². The summed E-state index contributed by atoms with van der Waals surface area (Å²) >= 11 is 0. The molecule has 1 unspecified atom stereocenters. The molecule has 0 radical (unpaired) electrons. The number of hydrogen-bond donors (Lipinski definition) is 1. The molecule has 3 nitrogen and oxygen atoms in total. The highest BCUT2D eigenvalue weighted by Gasteiger charge is 2.31. The molecule has 0 aliphatic carbocycles. The lowest BCUT2D eigenvalue weighted by molar-refractivity contribution is -0.137. The molecule has 1 aliphatic heterocycles. The van der Waals surface area contributed by atoms with Crippen LogP contribution < -0.4 is 5.32 Å². The minimum Gasteiger partial charge on any atom is -0.328 e. The number of alkyl halides is 3. The van der Waals surface area contributed by atoms with Crippen LogP contribution in [0.1, 0.15) is 43.5 Å². The largest absolute Gasteiger partial charge is 0.416 e. The standard InChI is InChI=1S/C16H20F3N3/c1-2-8-22-14-6-5-12(16(17,18)19)9-13(14)21-15(22)11-4-3-7-20-10-11/h5-6,9,11,20H,2-4,7-8,10H2,1H3. The fraction of sp³-hybridized carbons (Fsp3) is 0.562. The lowest BCUT2D eigenvalue weighted by Gasteiger charge is -2.23. The maximum absolute atomic E-state index is 12.9. The molecule has 0 amide bonds. The minimum absolute atomic E-state index is 0.280. The Labute approximate surface area is 127 Å². The minimum atomic E-state index is -4.32. The van der Waals surface area contributed by atoms with Crippen molar-refractivity contribution in [1.29, 1.82) is 0 Å². The van der Waals surface area contributed by atoms with E-state index in [1.54, 1.807) is 6.07 Å². The molecule has 2 heterocycles. The second-order valence-corrected chi connectivity index (χ2v) is 5.87. The second kappa shape index (κ2) is 5.91. The van der Waals surface area contributed by atoms with Crippen LogP contribution in [0.5, 0.6) is 0 Å². The van der Waals surface area contributed by atoms with Crippen molar-refractivity contribution in [3.8, 4) is 0 Å². The number of rotatable bonds is 3. The third-order valence-corrected chi connectivity index (χ3v) is 4.21. The number of aryl methyl sites for hydroxylation is 1. The number of aromatic nitrogens is 2. The maximum atomic E-state index is 12.9. The van der Waals surface area contributed by atoms with Gasteiger partial charge in [-0.1, -0.05) is 6.92 Å². The van der Waals surface area contributed by atoms with E-state index in [4.69, 9.17) is 0 Å². The lowest BCUT2D eigenvalue weighted by Crippen LogP contribution is -2.30. The normalized spacial score (nSPS) is 19.7. The van der Waals surface area contributed by atoms with Crippen LogP contribution in [0.15, 0.2) is 18.2 Å². The fourth-order valence-electron chi connectivity index (χ4n) is 3.17. The van der Waals surface area contributed by atoms with Gasteiger partial charge in [-0.2, -0.15) is 13.2 Å². The van der Waals surface area contributed by atoms with Crippen molar-refractivity contribution in [2.24, 2.45) is 0 Å². The van der Waals surface area contributed by atoms with Crippen LogP contribution in [0.25, 0.3) is 11.0 Å². The summed E-state index contributed by atoms with van der Waals surface area (Å²) in [7, 11) is 0. The van der Waals surface area contributed by atoms with Gasteiger partial charge in [0, 0.05) is 19.0 Å². The van der Waals surface area contributed by atoms with Crippen LogP contribution in [0.2, 0.25) is 0 Å². The number of piperidine rings is 1.